The van der Waals surface area contributed by atoms with E-state index in [0.717, 1.165) is 0 Å². The van der Waals surface area contributed by atoms with E-state index in [2.05, 4.69) is 0 Å². The van der Waals surface area contributed by atoms with Crippen molar-refractivity contribution in [2.75, 3.05) is 39.6 Å². The molecule has 22 heterocycles. The average molecular weight is 1080 g/mol. The fourth-order valence-electron chi connectivity index (χ4n) is 8.98. The molecule has 30 heteroatoms. The summed E-state index contributed by atoms with van der Waals surface area (Å²) >= 11 is 1.41. The average Bonchev–Trinajstić information content (AvgIpc) is 3.31. The molecule has 0 unspecified atom stereocenters. The zero-order valence-electron chi connectivity index (χ0n) is 34.5. The third-order valence-electron chi connectivity index (χ3n) is 12.6. The second kappa shape index (κ2) is 23.0. The molecule has 16 N–H and O–H groups in total. The van der Waals surface area contributed by atoms with Crippen molar-refractivity contribution >= 4 is 23.0 Å². The molecular weight excluding hydrogens is 1020 g/mol. The van der Waals surface area contributed by atoms with Crippen LogP contribution in [0.2, 0.25) is 0 Å². The smallest absolute Gasteiger partial charge is 0.187 e. The Balaban J connectivity index is 1.19. The minimum atomic E-state index is -2.12. The van der Waals surface area contributed by atoms with Crippen LogP contribution in [0.1, 0.15) is 6.42 Å². The van der Waals surface area contributed by atoms with Gasteiger partial charge in [-0.1, -0.05) is 0 Å². The van der Waals surface area contributed by atoms with Crippen LogP contribution in [0.3, 0.4) is 0 Å². The number of rotatable bonds is 7. The van der Waals surface area contributed by atoms with Gasteiger partial charge in [0.1, 0.15) is 157 Å². The first kappa shape index (κ1) is 53.4. The van der Waals surface area contributed by atoms with Crippen molar-refractivity contribution in [3.63, 3.8) is 0 Å². The van der Waals surface area contributed by atoms with Crippen molar-refractivity contribution in [2.45, 2.75) is 185 Å². The number of aliphatic hydroxyl groups excluding tert-OH is 16. The van der Waals surface area contributed by atoms with Crippen LogP contribution >= 0.6 is 23.0 Å². The third kappa shape index (κ3) is 10.6. The van der Waals surface area contributed by atoms with Crippen molar-refractivity contribution < 1.29 is 142 Å². The van der Waals surface area contributed by atoms with Gasteiger partial charge in [-0.3, -0.25) is 0 Å². The lowest BCUT2D eigenvalue weighted by molar-refractivity contribution is -0.399. The van der Waals surface area contributed by atoms with Crippen LogP contribution in [-0.2, 0) is 59.9 Å². The molecule has 384 valence electrons. The van der Waals surface area contributed by atoms with Crippen LogP contribution in [0, 0.1) is 0 Å². The molecule has 0 amide bonds. The molecule has 66 heavy (non-hydrogen) atoms. The summed E-state index contributed by atoms with van der Waals surface area (Å²) in [6.45, 7) is -5.45. The summed E-state index contributed by atoms with van der Waals surface area (Å²) in [5.41, 5.74) is 0. The summed E-state index contributed by atoms with van der Waals surface area (Å²) in [6.07, 6.45) is -52.1. The van der Waals surface area contributed by atoms with E-state index in [1.807, 2.05) is 0 Å². The Morgan fingerprint density at radius 2 is 0.591 bits per heavy atom. The van der Waals surface area contributed by atoms with Gasteiger partial charge in [0.2, 0.25) is 0 Å². The Kier molecular flexibility index (Phi) is 18.6. The Hall–Kier alpha value is -0.430. The fraction of sp³-hybridized carbons (Fsp3) is 1.00. The van der Waals surface area contributed by atoms with E-state index in [-0.39, 0.29) is 0 Å². The highest BCUT2D eigenvalue weighted by atomic mass is 127. The zero-order valence-corrected chi connectivity index (χ0v) is 36.7. The maximum atomic E-state index is 11.4. The first-order valence-electron chi connectivity index (χ1n) is 21.1. The van der Waals surface area contributed by atoms with Gasteiger partial charge in [-0.15, -0.1) is 0 Å². The second-order valence-electron chi connectivity index (χ2n) is 16.8. The quantitative estimate of drug-likeness (QED) is 0.105. The molecule has 0 saturated carbocycles. The van der Waals surface area contributed by atoms with E-state index in [1.54, 1.807) is 0 Å². The first-order chi connectivity index (χ1) is 31.5. The van der Waals surface area contributed by atoms with Gasteiger partial charge < -0.3 is 142 Å². The lowest BCUT2D eigenvalue weighted by Crippen LogP contribution is -2.68. The Morgan fingerprint density at radius 3 is 0.909 bits per heavy atom. The van der Waals surface area contributed by atoms with Crippen LogP contribution in [0.25, 0.3) is 0 Å². The molecule has 0 spiro atoms. The van der Waals surface area contributed by atoms with Gasteiger partial charge in [0.15, 0.2) is 37.7 Å². The Labute approximate surface area is 387 Å². The summed E-state index contributed by atoms with van der Waals surface area (Å²) in [7, 11) is 0. The topological polar surface area (TPSA) is 444 Å². The Morgan fingerprint density at radius 1 is 0.318 bits per heavy atom. The van der Waals surface area contributed by atoms with Crippen LogP contribution in [0.15, 0.2) is 0 Å². The van der Waals surface area contributed by atoms with Crippen molar-refractivity contribution in [1.29, 1.82) is 0 Å². The van der Waals surface area contributed by atoms with Gasteiger partial charge in [-0.2, -0.15) is 0 Å². The van der Waals surface area contributed by atoms with E-state index in [4.69, 9.17) is 59.9 Å². The van der Waals surface area contributed by atoms with Crippen molar-refractivity contribution in [3.8, 4) is 0 Å². The summed E-state index contributed by atoms with van der Waals surface area (Å²) < 4.78 is 74.7. The fourth-order valence-corrected chi connectivity index (χ4v) is 9.57. The summed E-state index contributed by atoms with van der Waals surface area (Å²) in [5, 5.41) is 174. The summed E-state index contributed by atoms with van der Waals surface area (Å²) in [4.78, 5) is 0. The normalized spacial score (nSPS) is 54.2. The molecule has 0 aromatic heterocycles. The second-order valence-corrected chi connectivity index (χ2v) is 17.3. The zero-order chi connectivity index (χ0) is 47.9. The molecule has 22 aliphatic heterocycles. The molecule has 0 aromatic rings. The minimum absolute atomic E-state index is 0.409. The van der Waals surface area contributed by atoms with Gasteiger partial charge in [-0.05, 0) is 0 Å². The molecule has 0 radical (unpaired) electrons. The number of ether oxygens (including phenoxy) is 12. The molecule has 12 bridgehead atoms. The first-order valence-corrected chi connectivity index (χ1v) is 22.0. The standard InChI is InChI=1S/C36H59IO29/c37-66-30-24(53)36-60-15(7-43)29(30)65-31-8(44)1-9(10(2-38)55-31)54-32-20(49)16(45)25(11(3-39)56-32)61-33-21(50)17(46)26(12(4-40)57-33)62-34-22(51)18(47)27(13(5-41)58-34)63-35-23(52)19(48)28(64-36)14(6-42)59-35/h8-36,38-53H,1-7H2/t8-,9+,10-,11-,12-,13-,14-,15-,16-,17-,18-,19-,20-,21-,22-,23-,24-,25-,26-,27-,28-,29+,30-,31-,32-,33-,34-,35-,36-/m1/s1. The Bertz CT molecular complexity index is 1510. The predicted molar refractivity (Wildman–Crippen MR) is 207 cm³/mol. The molecule has 22 rings (SSSR count). The van der Waals surface area contributed by atoms with Crippen molar-refractivity contribution in [3.05, 3.63) is 0 Å². The van der Waals surface area contributed by atoms with Crippen LogP contribution in [-0.4, -0.2) is 299 Å². The maximum absolute atomic E-state index is 11.4. The SMILES string of the molecule is OC[C@H]1O[C@@H]2O[C@H]3[C@H](O)[C@@H](O)[C@@H](O[C@H]4[C@H](O)[C@@H](O)[C@@H](O[C@H]5[C@H](O)[C@@H](O)[C@@H](O[C@H]6[C@H](O)[C@@H](O)[C@H](O[C@H]7C[C@@H](O)[C@@H](O[C@@H]1[C@H](OI)[C@H]2O)O[C@@H]7CO)O[C@@H]6CO)O[C@@H]5CO)O[C@@H]4CO)O[C@@H]3CO. The minimum Gasteiger partial charge on any atom is -0.394 e. The van der Waals surface area contributed by atoms with Crippen molar-refractivity contribution in [1.82, 2.24) is 0 Å². The van der Waals surface area contributed by atoms with Crippen LogP contribution < -0.4 is 0 Å². The molecule has 29 atom stereocenters. The van der Waals surface area contributed by atoms with Crippen LogP contribution in [0.5, 0.6) is 0 Å². The summed E-state index contributed by atoms with van der Waals surface area (Å²) in [5.74, 6) is 0. The highest BCUT2D eigenvalue weighted by molar-refractivity contribution is 14.1. The number of halogens is 1. The largest absolute Gasteiger partial charge is 0.394 e. The van der Waals surface area contributed by atoms with Crippen LogP contribution in [0.4, 0.5) is 0 Å². The molecule has 22 saturated heterocycles. The monoisotopic (exact) mass is 1080 g/mol. The van der Waals surface area contributed by atoms with Gasteiger partial charge in [0, 0.05) is 6.42 Å². The van der Waals surface area contributed by atoms with E-state index in [0.29, 0.717) is 0 Å². The van der Waals surface area contributed by atoms with Gasteiger partial charge in [0.05, 0.1) is 45.7 Å². The molecule has 22 fully saturated rings. The molecule has 29 nitrogen and oxygen atoms in total. The third-order valence-corrected chi connectivity index (χ3v) is 13.2. The van der Waals surface area contributed by atoms with Crippen molar-refractivity contribution in [2.24, 2.45) is 0 Å². The predicted octanol–water partition coefficient (Wildman–Crippen LogP) is -10.7. The van der Waals surface area contributed by atoms with Gasteiger partial charge in [-0.25, -0.2) is 0 Å². The van der Waals surface area contributed by atoms with E-state index < -0.39 is 224 Å². The van der Waals surface area contributed by atoms with E-state index in [9.17, 15) is 81.7 Å². The molecular formula is C36H59IO29. The number of hydrogen-bond acceptors (Lipinski definition) is 29. The van der Waals surface area contributed by atoms with Gasteiger partial charge in [0.25, 0.3) is 0 Å². The lowest BCUT2D eigenvalue weighted by Gasteiger charge is -2.50. The molecule has 0 aliphatic carbocycles. The summed E-state index contributed by atoms with van der Waals surface area (Å²) in [6, 6.07) is 0. The lowest BCUT2D eigenvalue weighted by atomic mass is 9.95. The maximum Gasteiger partial charge on any atom is 0.187 e. The van der Waals surface area contributed by atoms with Gasteiger partial charge >= 0.3 is 0 Å². The van der Waals surface area contributed by atoms with E-state index >= 15 is 0 Å². The molecule has 22 aliphatic rings. The highest BCUT2D eigenvalue weighted by Gasteiger charge is 2.58. The number of hydrogen-bond donors (Lipinski definition) is 16. The number of aliphatic hydroxyl groups is 16. The molecule has 0 aromatic carbocycles. The highest BCUT2D eigenvalue weighted by Crippen LogP contribution is 2.38. The van der Waals surface area contributed by atoms with E-state index in [1.165, 1.54) is 23.0 Å².